The Bertz CT molecular complexity index is 398. The molecule has 0 atom stereocenters. The molecule has 2 aromatic heterocycles. The molecule has 0 aromatic carbocycles. The normalized spacial score (nSPS) is 10.9. The minimum atomic E-state index is -1.37. The lowest BCUT2D eigenvalue weighted by Gasteiger charge is -2.15. The first-order valence-electron chi connectivity index (χ1n) is 4.88. The van der Waals surface area contributed by atoms with E-state index in [-0.39, 0.29) is 0 Å². The molecule has 0 bridgehead atoms. The fraction of sp³-hybridized carbons (Fsp3) is 0.300. The first-order valence-corrected chi connectivity index (χ1v) is 4.88. The van der Waals surface area contributed by atoms with Crippen molar-refractivity contribution < 1.29 is 0 Å². The van der Waals surface area contributed by atoms with Crippen LogP contribution in [0.25, 0.3) is 5.65 Å². The van der Waals surface area contributed by atoms with Crippen LogP contribution in [0.2, 0.25) is 0 Å². The summed E-state index contributed by atoms with van der Waals surface area (Å²) in [7, 11) is 11.0. The summed E-state index contributed by atoms with van der Waals surface area (Å²) in [4.78, 5) is 4.17. The molecule has 0 fully saturated rings. The zero-order chi connectivity index (χ0) is 11.5. The van der Waals surface area contributed by atoms with Crippen molar-refractivity contribution >= 4 is 21.3 Å². The van der Waals surface area contributed by atoms with Crippen LogP contribution in [0.15, 0.2) is 30.6 Å². The minimum Gasteiger partial charge on any atom is -0.336 e. The van der Waals surface area contributed by atoms with E-state index in [9.17, 15) is 0 Å². The first kappa shape index (κ1) is 11.9. The van der Waals surface area contributed by atoms with Crippen molar-refractivity contribution in [1.82, 2.24) is 9.38 Å². The van der Waals surface area contributed by atoms with Gasteiger partial charge in [-0.15, -0.1) is 0 Å². The third-order valence-electron chi connectivity index (χ3n) is 1.81. The van der Waals surface area contributed by atoms with E-state index in [4.69, 9.17) is 21.4 Å². The highest BCUT2D eigenvalue weighted by molar-refractivity contribution is 6.39. The molecule has 5 heteroatoms. The Balaban J connectivity index is 0.000000531. The van der Waals surface area contributed by atoms with Crippen LogP contribution in [0.4, 0.5) is 0 Å². The van der Waals surface area contributed by atoms with Crippen molar-refractivity contribution in [2.75, 3.05) is 0 Å². The smallest absolute Gasteiger partial charge is 0.136 e. The van der Waals surface area contributed by atoms with Gasteiger partial charge in [-0.2, -0.15) is 0 Å². The Hall–Kier alpha value is -1.22. The predicted octanol–water partition coefficient (Wildman–Crippen LogP) is 0.766. The third kappa shape index (κ3) is 2.63. The van der Waals surface area contributed by atoms with E-state index in [2.05, 4.69) is 4.98 Å². The Labute approximate surface area is 92.5 Å². The maximum atomic E-state index is 5.50. The Kier molecular flexibility index (Phi) is 3.58. The van der Waals surface area contributed by atoms with E-state index in [1.54, 1.807) is 6.20 Å². The van der Waals surface area contributed by atoms with Gasteiger partial charge in [-0.1, -0.05) is 19.9 Å². The van der Waals surface area contributed by atoms with Gasteiger partial charge < -0.3 is 10.1 Å². The molecule has 74 valence electrons. The molecule has 3 nitrogen and oxygen atoms in total. The molecule has 2 aromatic rings. The second kappa shape index (κ2) is 4.53. The van der Waals surface area contributed by atoms with Gasteiger partial charge in [0.1, 0.15) is 5.65 Å². The Morgan fingerprint density at radius 2 is 2.00 bits per heavy atom. The van der Waals surface area contributed by atoms with Crippen LogP contribution in [0, 0.1) is 0 Å². The standard InChI is InChI=1S/C8H7B2N3.C2H6/c9-8(10,11)6-5-13-4-2-1-3-7(13)12-6;1-2/h1-5H,11H2;1-2H3. The van der Waals surface area contributed by atoms with Crippen molar-refractivity contribution in [3.8, 4) is 0 Å². The summed E-state index contributed by atoms with van der Waals surface area (Å²) in [5, 5.41) is -1.37. The summed E-state index contributed by atoms with van der Waals surface area (Å²) in [5.74, 6) is 0. The van der Waals surface area contributed by atoms with Gasteiger partial charge in [0.05, 0.1) is 21.4 Å². The minimum absolute atomic E-state index is 0.471. The number of fused-ring (bicyclic) bond motifs is 1. The molecule has 4 radical (unpaired) electrons. The number of hydrogen-bond acceptors (Lipinski definition) is 2. The van der Waals surface area contributed by atoms with Crippen LogP contribution in [-0.4, -0.2) is 25.1 Å². The molecule has 0 aliphatic rings. The Morgan fingerprint density at radius 1 is 1.33 bits per heavy atom. The lowest BCUT2D eigenvalue weighted by atomic mass is 9.61. The summed E-state index contributed by atoms with van der Waals surface area (Å²) >= 11 is 0. The second-order valence-electron chi connectivity index (χ2n) is 3.03. The fourth-order valence-electron chi connectivity index (χ4n) is 1.14. The lowest BCUT2D eigenvalue weighted by Crippen LogP contribution is -2.37. The van der Waals surface area contributed by atoms with Gasteiger partial charge in [0.2, 0.25) is 0 Å². The van der Waals surface area contributed by atoms with E-state index in [1.165, 1.54) is 0 Å². The van der Waals surface area contributed by atoms with Crippen LogP contribution in [0.1, 0.15) is 19.5 Å². The molecular formula is C10H13B2N3. The topological polar surface area (TPSA) is 43.3 Å². The molecule has 0 saturated carbocycles. The van der Waals surface area contributed by atoms with Crippen LogP contribution in [0.5, 0.6) is 0 Å². The van der Waals surface area contributed by atoms with Gasteiger partial charge >= 0.3 is 0 Å². The molecule has 2 rings (SSSR count). The number of nitrogens with two attached hydrogens (primary N) is 1. The number of pyridine rings is 1. The van der Waals surface area contributed by atoms with Crippen LogP contribution in [0.3, 0.4) is 0 Å². The SMILES string of the molecule is CC.[B]C([B])(N)c1cn2ccccc2n1. The zero-order valence-electron chi connectivity index (χ0n) is 9.01. The van der Waals surface area contributed by atoms with Crippen LogP contribution >= 0.6 is 0 Å². The number of aromatic nitrogens is 2. The van der Waals surface area contributed by atoms with Crippen LogP contribution < -0.4 is 5.73 Å². The maximum Gasteiger partial charge on any atom is 0.136 e. The molecule has 2 heterocycles. The molecule has 0 amide bonds. The molecule has 0 aliphatic heterocycles. The molecule has 0 unspecified atom stereocenters. The van der Waals surface area contributed by atoms with Crippen molar-refractivity contribution in [3.63, 3.8) is 0 Å². The molecule has 0 aliphatic carbocycles. The number of imidazole rings is 1. The Morgan fingerprint density at radius 3 is 2.53 bits per heavy atom. The van der Waals surface area contributed by atoms with E-state index in [0.29, 0.717) is 5.69 Å². The van der Waals surface area contributed by atoms with Gasteiger partial charge in [0.25, 0.3) is 0 Å². The average molecular weight is 197 g/mol. The molecule has 2 N–H and O–H groups in total. The lowest BCUT2D eigenvalue weighted by molar-refractivity contribution is 0.874. The van der Waals surface area contributed by atoms with E-state index in [0.717, 1.165) is 5.65 Å². The summed E-state index contributed by atoms with van der Waals surface area (Å²) in [6.07, 6.45) is 3.58. The van der Waals surface area contributed by atoms with E-state index in [1.807, 2.05) is 42.6 Å². The van der Waals surface area contributed by atoms with Crippen molar-refractivity contribution in [3.05, 3.63) is 36.3 Å². The van der Waals surface area contributed by atoms with Crippen molar-refractivity contribution in [2.24, 2.45) is 5.73 Å². The monoisotopic (exact) mass is 197 g/mol. The highest BCUT2D eigenvalue weighted by atomic mass is 15.0. The average Bonchev–Trinajstić information content (AvgIpc) is 2.63. The highest BCUT2D eigenvalue weighted by Crippen LogP contribution is 2.11. The van der Waals surface area contributed by atoms with Gasteiger partial charge in [0, 0.05) is 12.4 Å². The van der Waals surface area contributed by atoms with Crippen molar-refractivity contribution in [1.29, 1.82) is 0 Å². The molecule has 0 spiro atoms. The zero-order valence-corrected chi connectivity index (χ0v) is 9.01. The van der Waals surface area contributed by atoms with Gasteiger partial charge in [0.15, 0.2) is 0 Å². The summed E-state index contributed by atoms with van der Waals surface area (Å²) in [6, 6.07) is 5.64. The van der Waals surface area contributed by atoms with E-state index < -0.39 is 5.34 Å². The van der Waals surface area contributed by atoms with Crippen LogP contribution in [-0.2, 0) is 5.34 Å². The maximum absolute atomic E-state index is 5.50. The largest absolute Gasteiger partial charge is 0.336 e. The second-order valence-corrected chi connectivity index (χ2v) is 3.03. The summed E-state index contributed by atoms with van der Waals surface area (Å²) in [6.45, 7) is 4.00. The number of nitrogens with zero attached hydrogens (tertiary/aromatic N) is 2. The highest BCUT2D eigenvalue weighted by Gasteiger charge is 2.16. The number of rotatable bonds is 1. The predicted molar refractivity (Wildman–Crippen MR) is 63.9 cm³/mol. The third-order valence-corrected chi connectivity index (χ3v) is 1.81. The summed E-state index contributed by atoms with van der Waals surface area (Å²) in [5.41, 5.74) is 6.75. The van der Waals surface area contributed by atoms with Gasteiger partial charge in [-0.3, -0.25) is 0 Å². The summed E-state index contributed by atoms with van der Waals surface area (Å²) < 4.78 is 1.82. The molecule has 15 heavy (non-hydrogen) atoms. The van der Waals surface area contributed by atoms with Gasteiger partial charge in [-0.25, -0.2) is 4.98 Å². The van der Waals surface area contributed by atoms with Gasteiger partial charge in [-0.05, 0) is 17.5 Å². The first-order chi connectivity index (χ1) is 7.07. The van der Waals surface area contributed by atoms with E-state index >= 15 is 0 Å². The fourth-order valence-corrected chi connectivity index (χ4v) is 1.14. The number of hydrogen-bond donors (Lipinski definition) is 1. The molecular weight excluding hydrogens is 184 g/mol. The van der Waals surface area contributed by atoms with Crippen molar-refractivity contribution in [2.45, 2.75) is 19.2 Å². The quantitative estimate of drug-likeness (QED) is 0.685. The molecule has 0 saturated heterocycles.